The Hall–Kier alpha value is -17.8. The van der Waals surface area contributed by atoms with E-state index >= 15 is 0 Å². The fraction of sp³-hybridized carbons (Fsp3) is 0.111. The Bertz CT molecular complexity index is 8760. The number of benzene rings is 20. The summed E-state index contributed by atoms with van der Waals surface area (Å²) in [6.45, 7) is 26.1. The third-order valence-corrected chi connectivity index (χ3v) is 31.1. The van der Waals surface area contributed by atoms with E-state index < -0.39 is 0 Å². The molecule has 0 N–H and O–H groups in total. The van der Waals surface area contributed by atoms with Crippen molar-refractivity contribution in [1.82, 2.24) is 9.13 Å². The number of para-hydroxylation sites is 4. The molecule has 2 heterocycles. The molecule has 20 aromatic carbocycles. The van der Waals surface area contributed by atoms with Crippen LogP contribution in [0.4, 0.5) is 34.1 Å². The van der Waals surface area contributed by atoms with Crippen LogP contribution in [0.2, 0.25) is 0 Å². The van der Waals surface area contributed by atoms with Gasteiger partial charge in [-0.05, 0) is 363 Å². The molecule has 0 bridgehead atoms. The summed E-state index contributed by atoms with van der Waals surface area (Å²) >= 11 is 0. The Morgan fingerprint density at radius 1 is 0.227 bits per heavy atom. The Labute approximate surface area is 882 Å². The molecule has 2 aromatic heterocycles. The van der Waals surface area contributed by atoms with Crippen molar-refractivity contribution in [3.63, 3.8) is 0 Å². The van der Waals surface area contributed by atoms with Crippen LogP contribution in [-0.4, -0.2) is 22.3 Å². The quantitative estimate of drug-likeness (QED) is 0.0394. The standard InChI is InChI=1S/C73H62N2O.C71H58N2O/c1-5-53-27-31-55(32-28-53)57-35-43-71-66(48-57)67-49-58(36-44-72(67)75(71)60-21-13-10-14-22-60)56-33-37-61(38-34-56)74(59-19-11-9-12-20-59)62-39-42-65-64-23-15-16-24-68(64)73(70(65)50-62,69-47-51(3)25-26-52(69)4)45-17-7-8-18-46-76-63-40-29-54(6-2)30-41-63;1-5-51-25-29-53(30-26-51)55-33-41-69-64(46-55)65-47-56(34-42-70(65)73(69)58-19-11-8-12-20-58)54-31-35-59(36-32-54)72(57-17-9-7-10-18-57)60-37-40-63-62-21-13-14-22-66(62)71(68(63)48-60,67-45-49(3)23-24-50(67)4)43-15-16-44-74-61-38-27-52(6-2)28-39-61/h5-6,9-16,19-44,47-50H,1-2,7-8,17-18,45-46H2,3-4H3;5-14,17-42,45-48H,1-2,15-16,43-44H2,3-4H3. The van der Waals surface area contributed by atoms with Crippen LogP contribution >= 0.6 is 0 Å². The van der Waals surface area contributed by atoms with Crippen LogP contribution in [0.25, 0.3) is 146 Å². The maximum Gasteiger partial charge on any atom is 0.119 e. The summed E-state index contributed by atoms with van der Waals surface area (Å²) in [7, 11) is 0. The maximum atomic E-state index is 6.31. The molecule has 0 saturated carbocycles. The van der Waals surface area contributed by atoms with Gasteiger partial charge < -0.3 is 28.4 Å². The topological polar surface area (TPSA) is 34.8 Å². The molecule has 0 spiro atoms. The van der Waals surface area contributed by atoms with Gasteiger partial charge in [-0.15, -0.1) is 0 Å². The Balaban J connectivity index is 0.000000164. The lowest BCUT2D eigenvalue weighted by Gasteiger charge is -2.36. The number of ether oxygens (including phenoxy) is 2. The molecule has 6 nitrogen and oxygen atoms in total. The monoisotopic (exact) mass is 1940 g/mol. The third-order valence-electron chi connectivity index (χ3n) is 31.1. The van der Waals surface area contributed by atoms with E-state index in [9.17, 15) is 0 Å². The van der Waals surface area contributed by atoms with E-state index in [1.54, 1.807) is 0 Å². The number of hydrogen-bond donors (Lipinski definition) is 0. The summed E-state index contributed by atoms with van der Waals surface area (Å²) < 4.78 is 17.3. The van der Waals surface area contributed by atoms with E-state index in [-0.39, 0.29) is 10.8 Å². The molecule has 2 aliphatic rings. The minimum atomic E-state index is -0.366. The fourth-order valence-electron chi connectivity index (χ4n) is 23.6. The second kappa shape index (κ2) is 41.9. The lowest BCUT2D eigenvalue weighted by molar-refractivity contribution is 0.301. The molecule has 24 rings (SSSR count). The average molecular weight is 1940 g/mol. The molecule has 2 aliphatic carbocycles. The molecule has 0 fully saturated rings. The molecule has 6 heteroatoms. The SMILES string of the molecule is C=Cc1ccc(OCCCCC2(c3cc(C)ccc3C)c3ccccc3-c3ccc(N(c4ccccc4)c4ccc(-c5ccc6c(c5)c5cc(-c7ccc(C=C)cc7)ccc5n6-c5ccccc5)cc4)cc32)cc1.C=Cc1ccc(OCCCCCCC2(c3cc(C)ccc3C)c3ccccc3-c3ccc(N(c4ccccc4)c4ccc(-c5ccc6c(c5)c5cc(-c7ccc(C=C)cc7)ccc5n6-c5ccccc5)cc4)cc32)cc1. The summed E-state index contributed by atoms with van der Waals surface area (Å²) in [5, 5.41) is 4.90. The normalized spacial score (nSPS) is 13.6. The number of fused-ring (bicyclic) bond motifs is 12. The van der Waals surface area contributed by atoms with Crippen LogP contribution < -0.4 is 19.3 Å². The number of hydrogen-bond acceptors (Lipinski definition) is 4. The van der Waals surface area contributed by atoms with Crippen molar-refractivity contribution in [3.05, 3.63) is 565 Å². The van der Waals surface area contributed by atoms with Crippen molar-refractivity contribution >= 4 is 102 Å². The van der Waals surface area contributed by atoms with Crippen molar-refractivity contribution in [2.75, 3.05) is 23.0 Å². The number of nitrogens with zero attached hydrogens (tertiary/aromatic N) is 4. The largest absolute Gasteiger partial charge is 0.494 e. The molecule has 22 aromatic rings. The highest BCUT2D eigenvalue weighted by Crippen LogP contribution is 2.60. The summed E-state index contributed by atoms with van der Waals surface area (Å²) in [6, 6.07) is 170. The lowest BCUT2D eigenvalue weighted by atomic mass is 9.67. The highest BCUT2D eigenvalue weighted by Gasteiger charge is 2.47. The van der Waals surface area contributed by atoms with Gasteiger partial charge in [-0.3, -0.25) is 0 Å². The van der Waals surface area contributed by atoms with Gasteiger partial charge >= 0.3 is 0 Å². The molecule has 0 amide bonds. The fourth-order valence-corrected chi connectivity index (χ4v) is 23.6. The van der Waals surface area contributed by atoms with E-state index in [0.29, 0.717) is 13.2 Å². The van der Waals surface area contributed by atoms with Gasteiger partial charge in [-0.2, -0.15) is 0 Å². The van der Waals surface area contributed by atoms with Gasteiger partial charge in [0.1, 0.15) is 11.5 Å². The van der Waals surface area contributed by atoms with E-state index in [1.165, 1.54) is 160 Å². The molecular weight excluding hydrogens is 1820 g/mol. The predicted octanol–water partition coefficient (Wildman–Crippen LogP) is 38.9. The molecule has 2 unspecified atom stereocenters. The predicted molar refractivity (Wildman–Crippen MR) is 636 cm³/mol. The first-order chi connectivity index (χ1) is 73.8. The van der Waals surface area contributed by atoms with E-state index in [1.807, 2.05) is 48.6 Å². The highest BCUT2D eigenvalue weighted by molar-refractivity contribution is 6.13. The minimum absolute atomic E-state index is 0.327. The van der Waals surface area contributed by atoms with E-state index in [4.69, 9.17) is 9.47 Å². The zero-order valence-corrected chi connectivity index (χ0v) is 85.7. The van der Waals surface area contributed by atoms with Crippen LogP contribution in [0.15, 0.2) is 487 Å². The molecule has 0 saturated heterocycles. The Morgan fingerprint density at radius 3 is 0.860 bits per heavy atom. The molecule has 0 aliphatic heterocycles. The molecular formula is C144H120N4O2. The molecule has 0 radical (unpaired) electrons. The smallest absolute Gasteiger partial charge is 0.119 e. The van der Waals surface area contributed by atoms with Gasteiger partial charge in [0.05, 0.1) is 35.3 Å². The summed E-state index contributed by atoms with van der Waals surface area (Å²) in [6.07, 6.45) is 15.7. The van der Waals surface area contributed by atoms with Gasteiger partial charge in [-0.1, -0.05) is 372 Å². The van der Waals surface area contributed by atoms with Crippen LogP contribution in [0.1, 0.15) is 129 Å². The van der Waals surface area contributed by atoms with E-state index in [2.05, 4.69) is 510 Å². The van der Waals surface area contributed by atoms with Crippen molar-refractivity contribution in [2.24, 2.45) is 0 Å². The maximum absolute atomic E-state index is 6.31. The highest BCUT2D eigenvalue weighted by atomic mass is 16.5. The van der Waals surface area contributed by atoms with Gasteiger partial charge in [0.2, 0.25) is 0 Å². The van der Waals surface area contributed by atoms with Gasteiger partial charge in [0.25, 0.3) is 0 Å². The summed E-state index contributed by atoms with van der Waals surface area (Å²) in [4.78, 5) is 4.86. The van der Waals surface area contributed by atoms with Crippen molar-refractivity contribution in [2.45, 2.75) is 89.9 Å². The van der Waals surface area contributed by atoms with Gasteiger partial charge in [-0.25, -0.2) is 0 Å². The molecule has 728 valence electrons. The van der Waals surface area contributed by atoms with Crippen LogP contribution in [0, 0.1) is 27.7 Å². The van der Waals surface area contributed by atoms with Crippen LogP contribution in [0.5, 0.6) is 11.5 Å². The van der Waals surface area contributed by atoms with Crippen molar-refractivity contribution in [1.29, 1.82) is 0 Å². The third kappa shape index (κ3) is 18.3. The molecule has 2 atom stereocenters. The van der Waals surface area contributed by atoms with Crippen molar-refractivity contribution < 1.29 is 9.47 Å². The second-order valence-electron chi connectivity index (χ2n) is 40.2. The molecule has 150 heavy (non-hydrogen) atoms. The zero-order valence-electron chi connectivity index (χ0n) is 85.7. The first-order valence-electron chi connectivity index (χ1n) is 52.8. The van der Waals surface area contributed by atoms with Crippen LogP contribution in [0.3, 0.4) is 0 Å². The minimum Gasteiger partial charge on any atom is -0.494 e. The first-order valence-corrected chi connectivity index (χ1v) is 52.8. The number of anilines is 6. The van der Waals surface area contributed by atoms with E-state index in [0.717, 1.165) is 136 Å². The van der Waals surface area contributed by atoms with Crippen LogP contribution in [-0.2, 0) is 10.8 Å². The van der Waals surface area contributed by atoms with Crippen molar-refractivity contribution in [3.8, 4) is 89.6 Å². The van der Waals surface area contributed by atoms with Gasteiger partial charge in [0.15, 0.2) is 0 Å². The Kier molecular flexibility index (Phi) is 26.8. The Morgan fingerprint density at radius 2 is 0.507 bits per heavy atom. The number of unbranched alkanes of at least 4 members (excludes halogenated alkanes) is 4. The summed E-state index contributed by atoms with van der Waals surface area (Å²) in [5.41, 5.74) is 45.6. The average Bonchev–Trinajstić information content (AvgIpc) is 1.54. The summed E-state index contributed by atoms with van der Waals surface area (Å²) in [5.74, 6) is 1.81. The number of aromatic nitrogens is 2. The zero-order chi connectivity index (χ0) is 102. The number of rotatable bonds is 32. The first kappa shape index (κ1) is 95.7. The second-order valence-corrected chi connectivity index (χ2v) is 40.2. The lowest BCUT2D eigenvalue weighted by Crippen LogP contribution is -2.28. The van der Waals surface area contributed by atoms with Gasteiger partial charge in [0, 0.05) is 77.9 Å². The number of aryl methyl sites for hydroxylation is 4.